The van der Waals surface area contributed by atoms with Gasteiger partial charge in [-0.25, -0.2) is 4.79 Å². The first-order valence-electron chi connectivity index (χ1n) is 16.0. The first kappa shape index (κ1) is 32.5. The van der Waals surface area contributed by atoms with Crippen LogP contribution in [0.3, 0.4) is 0 Å². The van der Waals surface area contributed by atoms with E-state index in [4.69, 9.17) is 4.74 Å². The summed E-state index contributed by atoms with van der Waals surface area (Å²) in [4.78, 5) is 39.5. The number of carbonyl (C=O) groups excluding carboxylic acids is 2. The average molecular weight is 623 g/mol. The predicted molar refractivity (Wildman–Crippen MR) is 178 cm³/mol. The minimum absolute atomic E-state index is 0.103. The van der Waals surface area contributed by atoms with Gasteiger partial charge in [-0.05, 0) is 91.6 Å². The Bertz CT molecular complexity index is 1710. The Morgan fingerprint density at radius 2 is 1.87 bits per heavy atom. The molecule has 1 atom stereocenters. The fourth-order valence-electron chi connectivity index (χ4n) is 5.95. The summed E-state index contributed by atoms with van der Waals surface area (Å²) in [6, 6.07) is 18.4. The Hall–Kier alpha value is -4.92. The van der Waals surface area contributed by atoms with E-state index >= 15 is 0 Å². The maximum atomic E-state index is 13.3. The standard InChI is InChI=1S/C37H42N4O5/c1-4-10-32(37(44)45)39-36(43)28-13-6-12-27(21-28)23-40-24-29(22-38-40)30-14-7-16-33-31(30)15-8-19-41(33)35(42)18-9-20-46-34-17-5-11-25(2)26(34)3/h5-7,11-14,16-17,21-22,24,32H,4,8-10,15,18-20,23H2,1-3H3,(H,39,43)(H,44,45)/t32-/m0/s1. The molecule has 9 heteroatoms. The van der Waals surface area contributed by atoms with Crippen LogP contribution in [0.2, 0.25) is 0 Å². The molecule has 1 aliphatic heterocycles. The number of fused-ring (bicyclic) bond motifs is 1. The van der Waals surface area contributed by atoms with E-state index in [9.17, 15) is 19.5 Å². The number of amides is 2. The SMILES string of the molecule is CCC[C@H](NC(=O)c1cccc(Cn2cc(-c3cccc4c3CCCN4C(=O)CCCOc3cccc(C)c3C)cn2)c1)C(=O)O. The van der Waals surface area contributed by atoms with E-state index in [-0.39, 0.29) is 5.91 Å². The normalized spacial score (nSPS) is 13.2. The highest BCUT2D eigenvalue weighted by Crippen LogP contribution is 2.36. The molecule has 0 aliphatic carbocycles. The second-order valence-electron chi connectivity index (χ2n) is 11.9. The lowest BCUT2D eigenvalue weighted by atomic mass is 9.93. The number of carboxylic acid groups (broad SMARTS) is 1. The van der Waals surface area contributed by atoms with E-state index in [1.165, 1.54) is 5.56 Å². The van der Waals surface area contributed by atoms with Crippen molar-refractivity contribution in [1.29, 1.82) is 0 Å². The summed E-state index contributed by atoms with van der Waals surface area (Å²) in [7, 11) is 0. The van der Waals surface area contributed by atoms with E-state index in [0.717, 1.165) is 52.1 Å². The highest BCUT2D eigenvalue weighted by molar-refractivity contribution is 5.97. The van der Waals surface area contributed by atoms with Crippen molar-refractivity contribution >= 4 is 23.5 Å². The molecule has 4 aromatic rings. The number of aromatic nitrogens is 2. The molecule has 0 spiro atoms. The maximum absolute atomic E-state index is 13.3. The van der Waals surface area contributed by atoms with E-state index in [1.807, 2.05) is 59.2 Å². The maximum Gasteiger partial charge on any atom is 0.326 e. The molecule has 0 bridgehead atoms. The zero-order valence-corrected chi connectivity index (χ0v) is 26.8. The average Bonchev–Trinajstić information content (AvgIpc) is 3.52. The molecular weight excluding hydrogens is 580 g/mol. The van der Waals surface area contributed by atoms with Crippen molar-refractivity contribution in [2.75, 3.05) is 18.1 Å². The van der Waals surface area contributed by atoms with Crippen LogP contribution in [0.15, 0.2) is 73.1 Å². The summed E-state index contributed by atoms with van der Waals surface area (Å²) in [5.41, 5.74) is 7.72. The first-order valence-corrected chi connectivity index (χ1v) is 16.0. The number of rotatable bonds is 13. The van der Waals surface area contributed by atoms with Crippen LogP contribution < -0.4 is 15.0 Å². The van der Waals surface area contributed by atoms with E-state index in [0.29, 0.717) is 50.9 Å². The van der Waals surface area contributed by atoms with Gasteiger partial charge in [-0.3, -0.25) is 14.3 Å². The molecule has 1 aromatic heterocycles. The fourth-order valence-corrected chi connectivity index (χ4v) is 5.95. The number of carbonyl (C=O) groups is 3. The first-order chi connectivity index (χ1) is 22.2. The van der Waals surface area contributed by atoms with Crippen molar-refractivity contribution in [2.45, 2.75) is 71.9 Å². The third-order valence-electron chi connectivity index (χ3n) is 8.56. The van der Waals surface area contributed by atoms with Crippen LogP contribution >= 0.6 is 0 Å². The van der Waals surface area contributed by atoms with Gasteiger partial charge in [-0.1, -0.05) is 49.7 Å². The van der Waals surface area contributed by atoms with Crippen molar-refractivity contribution in [3.8, 4) is 16.9 Å². The van der Waals surface area contributed by atoms with Crippen LogP contribution in [-0.4, -0.2) is 51.9 Å². The smallest absolute Gasteiger partial charge is 0.326 e. The second-order valence-corrected chi connectivity index (χ2v) is 11.9. The van der Waals surface area contributed by atoms with Gasteiger partial charge < -0.3 is 20.1 Å². The number of benzene rings is 3. The van der Waals surface area contributed by atoms with Gasteiger partial charge in [0.1, 0.15) is 11.8 Å². The zero-order chi connectivity index (χ0) is 32.6. The molecule has 0 fully saturated rings. The summed E-state index contributed by atoms with van der Waals surface area (Å²) in [6.07, 6.45) is 7.67. The van der Waals surface area contributed by atoms with Gasteiger partial charge >= 0.3 is 5.97 Å². The number of nitrogens with one attached hydrogen (secondary N) is 1. The monoisotopic (exact) mass is 622 g/mol. The lowest BCUT2D eigenvalue weighted by Gasteiger charge is -2.31. The Balaban J connectivity index is 1.23. The molecule has 5 rings (SSSR count). The lowest BCUT2D eigenvalue weighted by Crippen LogP contribution is -2.40. The minimum atomic E-state index is -1.04. The highest BCUT2D eigenvalue weighted by Gasteiger charge is 2.25. The van der Waals surface area contributed by atoms with Crippen molar-refractivity contribution < 1.29 is 24.2 Å². The topological polar surface area (TPSA) is 114 Å². The Morgan fingerprint density at radius 3 is 2.67 bits per heavy atom. The summed E-state index contributed by atoms with van der Waals surface area (Å²) in [6.45, 7) is 7.63. The summed E-state index contributed by atoms with van der Waals surface area (Å²) in [5.74, 6) is -0.473. The second kappa shape index (κ2) is 14.9. The Morgan fingerprint density at radius 1 is 1.07 bits per heavy atom. The van der Waals surface area contributed by atoms with Crippen LogP contribution in [0.4, 0.5) is 5.69 Å². The number of hydrogen-bond acceptors (Lipinski definition) is 5. The van der Waals surface area contributed by atoms with E-state index in [2.05, 4.69) is 36.4 Å². The Kier molecular flexibility index (Phi) is 10.5. The summed E-state index contributed by atoms with van der Waals surface area (Å²) >= 11 is 0. The van der Waals surface area contributed by atoms with Gasteiger partial charge in [0.15, 0.2) is 0 Å². The third-order valence-corrected chi connectivity index (χ3v) is 8.56. The predicted octanol–water partition coefficient (Wildman–Crippen LogP) is 6.34. The number of nitrogens with zero attached hydrogens (tertiary/aromatic N) is 3. The number of aliphatic carboxylic acids is 1. The number of ether oxygens (including phenoxy) is 1. The van der Waals surface area contributed by atoms with Gasteiger partial charge in [0.2, 0.25) is 5.91 Å². The van der Waals surface area contributed by atoms with Crippen LogP contribution in [0.25, 0.3) is 11.1 Å². The molecule has 0 saturated heterocycles. The van der Waals surface area contributed by atoms with Crippen molar-refractivity contribution in [1.82, 2.24) is 15.1 Å². The molecule has 9 nitrogen and oxygen atoms in total. The molecule has 2 N–H and O–H groups in total. The molecule has 240 valence electrons. The van der Waals surface area contributed by atoms with Crippen LogP contribution in [0, 0.1) is 13.8 Å². The molecule has 2 heterocycles. The quantitative estimate of drug-likeness (QED) is 0.168. The van der Waals surface area contributed by atoms with Crippen LogP contribution in [-0.2, 0) is 22.6 Å². The highest BCUT2D eigenvalue weighted by atomic mass is 16.5. The van der Waals surface area contributed by atoms with Crippen molar-refractivity contribution in [3.05, 3.63) is 101 Å². The van der Waals surface area contributed by atoms with Gasteiger partial charge in [-0.2, -0.15) is 5.10 Å². The van der Waals surface area contributed by atoms with Crippen molar-refractivity contribution in [3.63, 3.8) is 0 Å². The number of aryl methyl sites for hydroxylation is 1. The largest absolute Gasteiger partial charge is 0.493 e. The molecule has 3 aromatic carbocycles. The molecule has 2 amide bonds. The third kappa shape index (κ3) is 7.65. The van der Waals surface area contributed by atoms with E-state index < -0.39 is 17.9 Å². The van der Waals surface area contributed by atoms with Crippen LogP contribution in [0.5, 0.6) is 5.75 Å². The number of carboxylic acids is 1. The summed E-state index contributed by atoms with van der Waals surface area (Å²) < 4.78 is 7.80. The van der Waals surface area contributed by atoms with Crippen molar-refractivity contribution in [2.24, 2.45) is 0 Å². The number of hydrogen-bond donors (Lipinski definition) is 2. The number of anilines is 1. The minimum Gasteiger partial charge on any atom is -0.493 e. The van der Waals surface area contributed by atoms with E-state index in [1.54, 1.807) is 18.2 Å². The molecule has 0 unspecified atom stereocenters. The molecule has 46 heavy (non-hydrogen) atoms. The Labute approximate surface area is 270 Å². The lowest BCUT2D eigenvalue weighted by molar-refractivity contribution is -0.139. The summed E-state index contributed by atoms with van der Waals surface area (Å²) in [5, 5.41) is 16.6. The van der Waals surface area contributed by atoms with Crippen LogP contribution in [0.1, 0.15) is 71.6 Å². The molecule has 0 radical (unpaired) electrons. The molecule has 1 aliphatic rings. The van der Waals surface area contributed by atoms with Gasteiger partial charge in [0.05, 0.1) is 19.3 Å². The van der Waals surface area contributed by atoms with Gasteiger partial charge in [0.25, 0.3) is 5.91 Å². The van der Waals surface area contributed by atoms with Gasteiger partial charge in [-0.15, -0.1) is 0 Å². The van der Waals surface area contributed by atoms with Gasteiger partial charge in [0, 0.05) is 36.0 Å². The molecular formula is C37H42N4O5. The molecule has 0 saturated carbocycles. The fraction of sp³-hybridized carbons (Fsp3) is 0.351. The zero-order valence-electron chi connectivity index (χ0n) is 26.8.